The van der Waals surface area contributed by atoms with Crippen molar-refractivity contribution in [1.82, 2.24) is 5.32 Å². The van der Waals surface area contributed by atoms with Gasteiger partial charge in [-0.2, -0.15) is 0 Å². The van der Waals surface area contributed by atoms with Crippen molar-refractivity contribution in [2.24, 2.45) is 23.7 Å². The van der Waals surface area contributed by atoms with Gasteiger partial charge in [0.1, 0.15) is 0 Å². The van der Waals surface area contributed by atoms with E-state index < -0.39 is 23.9 Å². The molecule has 0 aromatic carbocycles. The number of aliphatic carboxylic acids is 1. The molecule has 0 aliphatic heterocycles. The van der Waals surface area contributed by atoms with Gasteiger partial charge in [-0.1, -0.05) is 25.0 Å². The van der Waals surface area contributed by atoms with Crippen LogP contribution in [0, 0.1) is 23.7 Å². The van der Waals surface area contributed by atoms with Gasteiger partial charge in [0.05, 0.1) is 24.0 Å². The maximum absolute atomic E-state index is 12.4. The van der Waals surface area contributed by atoms with E-state index in [9.17, 15) is 19.8 Å². The average molecular weight is 279 g/mol. The Morgan fingerprint density at radius 3 is 2.35 bits per heavy atom. The second-order valence-corrected chi connectivity index (χ2v) is 6.31. The van der Waals surface area contributed by atoms with Gasteiger partial charge in [0.25, 0.3) is 0 Å². The molecule has 5 heteroatoms. The van der Waals surface area contributed by atoms with Crippen molar-refractivity contribution in [3.8, 4) is 0 Å². The van der Waals surface area contributed by atoms with Gasteiger partial charge in [-0.25, -0.2) is 0 Å². The van der Waals surface area contributed by atoms with Crippen LogP contribution in [0.4, 0.5) is 0 Å². The zero-order valence-electron chi connectivity index (χ0n) is 11.4. The molecular formula is C15H21NO4. The quantitative estimate of drug-likeness (QED) is 0.671. The highest BCUT2D eigenvalue weighted by Gasteiger charge is 2.52. The number of carboxylic acids is 1. The molecule has 3 aliphatic rings. The fourth-order valence-electron chi connectivity index (χ4n) is 4.07. The van der Waals surface area contributed by atoms with Gasteiger partial charge in [-0.05, 0) is 31.1 Å². The molecule has 0 spiro atoms. The number of fused-ring (bicyclic) bond motifs is 2. The molecule has 3 N–H and O–H groups in total. The number of amides is 1. The number of carboxylic acid groups (broad SMARTS) is 1. The Morgan fingerprint density at radius 2 is 1.70 bits per heavy atom. The number of allylic oxidation sites excluding steroid dienone is 2. The molecule has 4 unspecified atom stereocenters. The first-order valence-corrected chi connectivity index (χ1v) is 7.47. The summed E-state index contributed by atoms with van der Waals surface area (Å²) in [4.78, 5) is 23.8. The lowest BCUT2D eigenvalue weighted by Gasteiger charge is -2.31. The highest BCUT2D eigenvalue weighted by atomic mass is 16.4. The van der Waals surface area contributed by atoms with Gasteiger partial charge in [0.15, 0.2) is 0 Å². The minimum absolute atomic E-state index is 0.00970. The van der Waals surface area contributed by atoms with Crippen LogP contribution in [0.2, 0.25) is 0 Å². The maximum Gasteiger partial charge on any atom is 0.307 e. The second-order valence-electron chi connectivity index (χ2n) is 6.31. The molecule has 0 aromatic rings. The molecule has 20 heavy (non-hydrogen) atoms. The van der Waals surface area contributed by atoms with Gasteiger partial charge in [0.2, 0.25) is 5.91 Å². The first kappa shape index (κ1) is 13.6. The first-order valence-electron chi connectivity index (χ1n) is 7.47. The van der Waals surface area contributed by atoms with Crippen LogP contribution in [0.15, 0.2) is 12.2 Å². The molecule has 2 bridgehead atoms. The Kier molecular flexibility index (Phi) is 3.54. The lowest BCUT2D eigenvalue weighted by Crippen LogP contribution is -2.49. The Labute approximate surface area is 118 Å². The predicted molar refractivity (Wildman–Crippen MR) is 71.8 cm³/mol. The summed E-state index contributed by atoms with van der Waals surface area (Å²) in [7, 11) is 0. The van der Waals surface area contributed by atoms with E-state index >= 15 is 0 Å². The summed E-state index contributed by atoms with van der Waals surface area (Å²) in [5.41, 5.74) is 0. The SMILES string of the molecule is O=C(O)[C@@H]1C2C=CC(C2)[C@@H]1C(=O)NC1CCCCC1O. The molecule has 0 saturated heterocycles. The Morgan fingerprint density at radius 1 is 1.05 bits per heavy atom. The van der Waals surface area contributed by atoms with E-state index in [-0.39, 0.29) is 23.8 Å². The molecule has 0 radical (unpaired) electrons. The number of hydrogen-bond acceptors (Lipinski definition) is 3. The monoisotopic (exact) mass is 279 g/mol. The van der Waals surface area contributed by atoms with E-state index in [1.165, 1.54) is 0 Å². The summed E-state index contributed by atoms with van der Waals surface area (Å²) in [5, 5.41) is 22.2. The van der Waals surface area contributed by atoms with E-state index in [0.717, 1.165) is 25.7 Å². The van der Waals surface area contributed by atoms with Crippen molar-refractivity contribution < 1.29 is 19.8 Å². The van der Waals surface area contributed by atoms with Crippen molar-refractivity contribution in [3.63, 3.8) is 0 Å². The summed E-state index contributed by atoms with van der Waals surface area (Å²) >= 11 is 0. The summed E-state index contributed by atoms with van der Waals surface area (Å²) in [6.45, 7) is 0. The van der Waals surface area contributed by atoms with Crippen LogP contribution >= 0.6 is 0 Å². The van der Waals surface area contributed by atoms with E-state index in [0.29, 0.717) is 6.42 Å². The fourth-order valence-corrected chi connectivity index (χ4v) is 4.07. The number of aliphatic hydroxyl groups excluding tert-OH is 1. The van der Waals surface area contributed by atoms with E-state index in [2.05, 4.69) is 5.32 Å². The van der Waals surface area contributed by atoms with Gasteiger partial charge in [-0.3, -0.25) is 9.59 Å². The van der Waals surface area contributed by atoms with Crippen LogP contribution in [0.5, 0.6) is 0 Å². The Balaban J connectivity index is 1.70. The molecule has 6 atom stereocenters. The number of hydrogen-bond donors (Lipinski definition) is 3. The molecule has 3 rings (SSSR count). The van der Waals surface area contributed by atoms with Gasteiger partial charge in [-0.15, -0.1) is 0 Å². The highest BCUT2D eigenvalue weighted by Crippen LogP contribution is 2.48. The fraction of sp³-hybridized carbons (Fsp3) is 0.733. The van der Waals surface area contributed by atoms with E-state index in [4.69, 9.17) is 0 Å². The topological polar surface area (TPSA) is 86.6 Å². The van der Waals surface area contributed by atoms with Gasteiger partial charge < -0.3 is 15.5 Å². The van der Waals surface area contributed by atoms with Crippen LogP contribution in [-0.4, -0.2) is 34.2 Å². The number of carbonyl (C=O) groups is 2. The minimum atomic E-state index is -0.883. The van der Waals surface area contributed by atoms with Crippen molar-refractivity contribution >= 4 is 11.9 Å². The maximum atomic E-state index is 12.4. The zero-order chi connectivity index (χ0) is 14.3. The molecule has 1 amide bonds. The summed E-state index contributed by atoms with van der Waals surface area (Å²) in [6, 6.07) is -0.214. The van der Waals surface area contributed by atoms with Crippen LogP contribution in [0.25, 0.3) is 0 Å². The van der Waals surface area contributed by atoms with E-state index in [1.54, 1.807) is 0 Å². The number of carbonyl (C=O) groups excluding carboxylic acids is 1. The third kappa shape index (κ3) is 2.24. The standard InChI is InChI=1S/C15H21NO4/c17-11-4-2-1-3-10(11)16-14(18)12-8-5-6-9(7-8)13(12)15(19)20/h5-6,8-13,17H,1-4,7H2,(H,16,18)(H,19,20)/t8?,9?,10?,11?,12-,13+/m0/s1. The smallest absolute Gasteiger partial charge is 0.307 e. The third-order valence-corrected chi connectivity index (χ3v) is 5.10. The van der Waals surface area contributed by atoms with Crippen LogP contribution < -0.4 is 5.32 Å². The largest absolute Gasteiger partial charge is 0.481 e. The van der Waals surface area contributed by atoms with Crippen LogP contribution in [0.3, 0.4) is 0 Å². The lowest BCUT2D eigenvalue weighted by atomic mass is 9.82. The molecule has 0 heterocycles. The van der Waals surface area contributed by atoms with Crippen molar-refractivity contribution in [1.29, 1.82) is 0 Å². The van der Waals surface area contributed by atoms with Crippen molar-refractivity contribution in [3.05, 3.63) is 12.2 Å². The van der Waals surface area contributed by atoms with Crippen LogP contribution in [-0.2, 0) is 9.59 Å². The third-order valence-electron chi connectivity index (χ3n) is 5.10. The summed E-state index contributed by atoms with van der Waals surface area (Å²) < 4.78 is 0. The molecule has 3 aliphatic carbocycles. The number of aliphatic hydroxyl groups is 1. The average Bonchev–Trinajstić information content (AvgIpc) is 3.01. The van der Waals surface area contributed by atoms with E-state index in [1.807, 2.05) is 12.2 Å². The van der Waals surface area contributed by atoms with Crippen LogP contribution in [0.1, 0.15) is 32.1 Å². The number of nitrogens with one attached hydrogen (secondary N) is 1. The Bertz CT molecular complexity index is 447. The minimum Gasteiger partial charge on any atom is -0.481 e. The lowest BCUT2D eigenvalue weighted by molar-refractivity contribution is -0.148. The second kappa shape index (κ2) is 5.20. The zero-order valence-corrected chi connectivity index (χ0v) is 11.4. The normalized spacial score (nSPS) is 42.6. The van der Waals surface area contributed by atoms with Crippen molar-refractivity contribution in [2.75, 3.05) is 0 Å². The summed E-state index contributed by atoms with van der Waals surface area (Å²) in [6.07, 6.45) is 7.66. The molecule has 110 valence electrons. The number of rotatable bonds is 3. The first-order chi connectivity index (χ1) is 9.58. The molecule has 5 nitrogen and oxygen atoms in total. The Hall–Kier alpha value is -1.36. The molecular weight excluding hydrogens is 258 g/mol. The molecule has 2 fully saturated rings. The molecule has 2 saturated carbocycles. The van der Waals surface area contributed by atoms with Gasteiger partial charge in [0, 0.05) is 0 Å². The highest BCUT2D eigenvalue weighted by molar-refractivity contribution is 5.87. The summed E-state index contributed by atoms with van der Waals surface area (Å²) in [5.74, 6) is -2.12. The molecule has 0 aromatic heterocycles. The van der Waals surface area contributed by atoms with Crippen molar-refractivity contribution in [2.45, 2.75) is 44.2 Å². The van der Waals surface area contributed by atoms with Gasteiger partial charge >= 0.3 is 5.97 Å². The predicted octanol–water partition coefficient (Wildman–Crippen LogP) is 0.929.